The number of likely N-dealkylation sites (tertiary alicyclic amines) is 1. The summed E-state index contributed by atoms with van der Waals surface area (Å²) in [6.07, 6.45) is 9.62. The Balaban J connectivity index is 2.06. The molecule has 2 aliphatic rings. The Morgan fingerprint density at radius 2 is 2.00 bits per heavy atom. The molecule has 1 saturated heterocycles. The Labute approximate surface area is 120 Å². The second-order valence-electron chi connectivity index (χ2n) is 7.32. The molecule has 1 heterocycles. The number of hydrogen-bond acceptors (Lipinski definition) is 2. The zero-order chi connectivity index (χ0) is 13.9. The van der Waals surface area contributed by atoms with Crippen molar-refractivity contribution >= 4 is 0 Å². The topological polar surface area (TPSA) is 15.3 Å². The Morgan fingerprint density at radius 1 is 1.21 bits per heavy atom. The van der Waals surface area contributed by atoms with Crippen molar-refractivity contribution < 1.29 is 0 Å². The van der Waals surface area contributed by atoms with E-state index >= 15 is 0 Å². The zero-order valence-corrected chi connectivity index (χ0v) is 13.5. The Hall–Kier alpha value is -0.0800. The molecule has 1 aliphatic carbocycles. The standard InChI is InChI=1S/C17H34N2/c1-5-11-18-15-9-8-14(6-2)13-16(15)19-12-7-10-17(19,3)4/h14-16,18H,5-13H2,1-4H3. The molecule has 0 amide bonds. The molecule has 112 valence electrons. The average molecular weight is 266 g/mol. The first-order chi connectivity index (χ1) is 9.08. The third-order valence-electron chi connectivity index (χ3n) is 5.52. The van der Waals surface area contributed by atoms with E-state index in [1.54, 1.807) is 0 Å². The van der Waals surface area contributed by atoms with Crippen molar-refractivity contribution in [1.82, 2.24) is 10.2 Å². The Kier molecular flexibility index (Phi) is 5.30. The Morgan fingerprint density at radius 3 is 2.58 bits per heavy atom. The lowest BCUT2D eigenvalue weighted by Gasteiger charge is -2.46. The van der Waals surface area contributed by atoms with E-state index in [1.807, 2.05) is 0 Å². The minimum atomic E-state index is 0.423. The molecule has 0 radical (unpaired) electrons. The minimum Gasteiger partial charge on any atom is -0.312 e. The van der Waals surface area contributed by atoms with Gasteiger partial charge in [0.15, 0.2) is 0 Å². The van der Waals surface area contributed by atoms with E-state index in [1.165, 1.54) is 58.0 Å². The first-order valence-corrected chi connectivity index (χ1v) is 8.58. The van der Waals surface area contributed by atoms with Crippen molar-refractivity contribution in [1.29, 1.82) is 0 Å². The van der Waals surface area contributed by atoms with E-state index in [-0.39, 0.29) is 0 Å². The van der Waals surface area contributed by atoms with E-state index < -0.39 is 0 Å². The van der Waals surface area contributed by atoms with Crippen molar-refractivity contribution in [3.8, 4) is 0 Å². The molecule has 3 unspecified atom stereocenters. The van der Waals surface area contributed by atoms with Crippen LogP contribution in [0, 0.1) is 5.92 Å². The fourth-order valence-electron chi connectivity index (χ4n) is 4.26. The van der Waals surface area contributed by atoms with Gasteiger partial charge in [0.25, 0.3) is 0 Å². The molecular weight excluding hydrogens is 232 g/mol. The molecule has 1 N–H and O–H groups in total. The van der Waals surface area contributed by atoms with Gasteiger partial charge in [0.2, 0.25) is 0 Å². The predicted octanol–water partition coefficient (Wildman–Crippen LogP) is 3.81. The molecule has 2 fully saturated rings. The van der Waals surface area contributed by atoms with Crippen LogP contribution in [0.15, 0.2) is 0 Å². The van der Waals surface area contributed by atoms with Gasteiger partial charge < -0.3 is 5.32 Å². The SMILES string of the molecule is CCCNC1CCC(CC)CC1N1CCCC1(C)C. The van der Waals surface area contributed by atoms with Gasteiger partial charge in [-0.2, -0.15) is 0 Å². The van der Waals surface area contributed by atoms with Crippen molar-refractivity contribution in [2.24, 2.45) is 5.92 Å². The molecule has 1 aliphatic heterocycles. The first-order valence-electron chi connectivity index (χ1n) is 8.58. The van der Waals surface area contributed by atoms with Crippen LogP contribution in [0.1, 0.15) is 72.6 Å². The molecule has 0 aromatic carbocycles. The summed E-state index contributed by atoms with van der Waals surface area (Å²) >= 11 is 0. The lowest BCUT2D eigenvalue weighted by atomic mass is 9.79. The summed E-state index contributed by atoms with van der Waals surface area (Å²) in [4.78, 5) is 2.84. The molecule has 2 nitrogen and oxygen atoms in total. The summed E-state index contributed by atoms with van der Waals surface area (Å²) in [6.45, 7) is 12.1. The van der Waals surface area contributed by atoms with Gasteiger partial charge in [0.05, 0.1) is 0 Å². The van der Waals surface area contributed by atoms with Gasteiger partial charge >= 0.3 is 0 Å². The van der Waals surface area contributed by atoms with Crippen LogP contribution >= 0.6 is 0 Å². The molecule has 0 aromatic heterocycles. The van der Waals surface area contributed by atoms with Crippen LogP contribution in [0.2, 0.25) is 0 Å². The monoisotopic (exact) mass is 266 g/mol. The fourth-order valence-corrected chi connectivity index (χ4v) is 4.26. The molecule has 0 spiro atoms. The number of rotatable bonds is 5. The van der Waals surface area contributed by atoms with Crippen LogP contribution in [-0.2, 0) is 0 Å². The van der Waals surface area contributed by atoms with Crippen molar-refractivity contribution in [2.75, 3.05) is 13.1 Å². The molecule has 1 saturated carbocycles. The van der Waals surface area contributed by atoms with Gasteiger partial charge in [-0.05, 0) is 71.4 Å². The van der Waals surface area contributed by atoms with Crippen molar-refractivity contribution in [2.45, 2.75) is 90.3 Å². The molecule has 3 atom stereocenters. The van der Waals surface area contributed by atoms with E-state index in [4.69, 9.17) is 0 Å². The minimum absolute atomic E-state index is 0.423. The van der Waals surface area contributed by atoms with Gasteiger partial charge in [-0.25, -0.2) is 0 Å². The lowest BCUT2D eigenvalue weighted by molar-refractivity contribution is 0.0483. The first kappa shape index (κ1) is 15.3. The number of nitrogens with one attached hydrogen (secondary N) is 1. The molecule has 2 rings (SSSR count). The Bertz CT molecular complexity index is 274. The van der Waals surface area contributed by atoms with Crippen LogP contribution in [-0.4, -0.2) is 35.6 Å². The quantitative estimate of drug-likeness (QED) is 0.814. The fraction of sp³-hybridized carbons (Fsp3) is 1.00. The maximum atomic E-state index is 3.84. The van der Waals surface area contributed by atoms with Gasteiger partial charge in [-0.15, -0.1) is 0 Å². The lowest BCUT2D eigenvalue weighted by Crippen LogP contribution is -2.57. The highest BCUT2D eigenvalue weighted by Gasteiger charge is 2.42. The summed E-state index contributed by atoms with van der Waals surface area (Å²) in [7, 11) is 0. The largest absolute Gasteiger partial charge is 0.312 e. The van der Waals surface area contributed by atoms with Crippen LogP contribution < -0.4 is 5.32 Å². The van der Waals surface area contributed by atoms with Crippen LogP contribution in [0.5, 0.6) is 0 Å². The molecular formula is C17H34N2. The van der Waals surface area contributed by atoms with Gasteiger partial charge in [-0.1, -0.05) is 20.3 Å². The summed E-state index contributed by atoms with van der Waals surface area (Å²) in [5.74, 6) is 0.959. The summed E-state index contributed by atoms with van der Waals surface area (Å²) < 4.78 is 0. The highest BCUT2D eigenvalue weighted by molar-refractivity contribution is 4.99. The van der Waals surface area contributed by atoms with Gasteiger partial charge in [0, 0.05) is 17.6 Å². The summed E-state index contributed by atoms with van der Waals surface area (Å²) in [5.41, 5.74) is 0.423. The molecule has 19 heavy (non-hydrogen) atoms. The highest BCUT2D eigenvalue weighted by Crippen LogP contribution is 2.38. The second-order valence-corrected chi connectivity index (χ2v) is 7.32. The number of hydrogen-bond donors (Lipinski definition) is 1. The van der Waals surface area contributed by atoms with E-state index in [9.17, 15) is 0 Å². The van der Waals surface area contributed by atoms with E-state index in [0.717, 1.165) is 18.0 Å². The number of nitrogens with zero attached hydrogens (tertiary/aromatic N) is 1. The average Bonchev–Trinajstić information content (AvgIpc) is 2.75. The van der Waals surface area contributed by atoms with Gasteiger partial charge in [-0.3, -0.25) is 4.90 Å². The maximum absolute atomic E-state index is 3.84. The molecule has 0 aromatic rings. The third-order valence-corrected chi connectivity index (χ3v) is 5.52. The highest BCUT2D eigenvalue weighted by atomic mass is 15.3. The summed E-state index contributed by atoms with van der Waals surface area (Å²) in [6, 6.07) is 1.52. The van der Waals surface area contributed by atoms with E-state index in [2.05, 4.69) is 37.9 Å². The maximum Gasteiger partial charge on any atom is 0.0257 e. The third kappa shape index (κ3) is 3.52. The van der Waals surface area contributed by atoms with Crippen LogP contribution in [0.4, 0.5) is 0 Å². The zero-order valence-electron chi connectivity index (χ0n) is 13.5. The normalized spacial score (nSPS) is 35.7. The molecule has 2 heteroatoms. The second kappa shape index (κ2) is 6.58. The van der Waals surface area contributed by atoms with Crippen LogP contribution in [0.3, 0.4) is 0 Å². The van der Waals surface area contributed by atoms with Crippen molar-refractivity contribution in [3.05, 3.63) is 0 Å². The van der Waals surface area contributed by atoms with Crippen molar-refractivity contribution in [3.63, 3.8) is 0 Å². The molecule has 0 bridgehead atoms. The summed E-state index contributed by atoms with van der Waals surface area (Å²) in [5, 5.41) is 3.84. The van der Waals surface area contributed by atoms with Gasteiger partial charge in [0.1, 0.15) is 0 Å². The van der Waals surface area contributed by atoms with Crippen LogP contribution in [0.25, 0.3) is 0 Å². The van der Waals surface area contributed by atoms with E-state index in [0.29, 0.717) is 5.54 Å². The predicted molar refractivity (Wildman–Crippen MR) is 83.5 cm³/mol. The smallest absolute Gasteiger partial charge is 0.0257 e.